The summed E-state index contributed by atoms with van der Waals surface area (Å²) in [5.41, 5.74) is 3.83. The molecular formula is C22H18ClNO4S. The topological polar surface area (TPSA) is 87.5 Å². The number of aryl methyl sites for hydroxylation is 1. The van der Waals surface area contributed by atoms with Crippen molar-refractivity contribution in [3.63, 3.8) is 0 Å². The van der Waals surface area contributed by atoms with Crippen LogP contribution in [-0.2, 0) is 10.1 Å². The van der Waals surface area contributed by atoms with Crippen molar-refractivity contribution in [1.82, 2.24) is 4.98 Å². The lowest BCUT2D eigenvalue weighted by Crippen LogP contribution is -2.01. The monoisotopic (exact) mass is 427 g/mol. The lowest BCUT2D eigenvalue weighted by atomic mass is 10.0. The molecule has 0 saturated heterocycles. The molecular weight excluding hydrogens is 410 g/mol. The molecule has 2 N–H and O–H groups in total. The number of nitrogens with zero attached hydrogens (tertiary/aromatic N) is 1. The number of benzene rings is 3. The SMILES string of the molecule is Cc1ccc(S(=O)(=O)O)c(-c2ccc3nc(-c4ccccc4)c(O)cc3c2)c1.Cl. The van der Waals surface area contributed by atoms with Crippen molar-refractivity contribution in [2.24, 2.45) is 0 Å². The fourth-order valence-electron chi connectivity index (χ4n) is 3.24. The van der Waals surface area contributed by atoms with E-state index in [1.54, 1.807) is 36.4 Å². The van der Waals surface area contributed by atoms with Gasteiger partial charge in [-0.3, -0.25) is 4.55 Å². The molecule has 0 aliphatic carbocycles. The highest BCUT2D eigenvalue weighted by atomic mass is 35.5. The zero-order chi connectivity index (χ0) is 19.9. The van der Waals surface area contributed by atoms with Crippen LogP contribution >= 0.6 is 12.4 Å². The highest BCUT2D eigenvalue weighted by Gasteiger charge is 2.17. The Kier molecular flexibility index (Phi) is 5.61. The number of fused-ring (bicyclic) bond motifs is 1. The van der Waals surface area contributed by atoms with Crippen LogP contribution in [0.1, 0.15) is 5.56 Å². The van der Waals surface area contributed by atoms with Crippen LogP contribution in [0.25, 0.3) is 33.3 Å². The molecule has 3 aromatic carbocycles. The molecule has 4 aromatic rings. The third kappa shape index (κ3) is 4.10. The molecule has 0 spiro atoms. The van der Waals surface area contributed by atoms with Gasteiger partial charge in [0.15, 0.2) is 0 Å². The van der Waals surface area contributed by atoms with E-state index in [0.29, 0.717) is 27.7 Å². The first-order valence-corrected chi connectivity index (χ1v) is 10.0. The van der Waals surface area contributed by atoms with Gasteiger partial charge in [-0.05, 0) is 36.8 Å². The third-order valence-electron chi connectivity index (χ3n) is 4.57. The Morgan fingerprint density at radius 3 is 2.28 bits per heavy atom. The molecule has 4 rings (SSSR count). The smallest absolute Gasteiger partial charge is 0.295 e. The van der Waals surface area contributed by atoms with Crippen LogP contribution in [0.4, 0.5) is 0 Å². The lowest BCUT2D eigenvalue weighted by molar-refractivity contribution is 0.476. The van der Waals surface area contributed by atoms with Gasteiger partial charge in [-0.1, -0.05) is 54.1 Å². The Hall–Kier alpha value is -2.93. The molecule has 0 aliphatic heterocycles. The van der Waals surface area contributed by atoms with E-state index in [4.69, 9.17) is 0 Å². The summed E-state index contributed by atoms with van der Waals surface area (Å²) in [5.74, 6) is 0.0371. The number of halogens is 1. The van der Waals surface area contributed by atoms with E-state index in [1.807, 2.05) is 37.3 Å². The van der Waals surface area contributed by atoms with Gasteiger partial charge < -0.3 is 5.11 Å². The van der Waals surface area contributed by atoms with Crippen molar-refractivity contribution < 1.29 is 18.1 Å². The van der Waals surface area contributed by atoms with Gasteiger partial charge in [0.1, 0.15) is 16.3 Å². The Morgan fingerprint density at radius 2 is 1.59 bits per heavy atom. The summed E-state index contributed by atoms with van der Waals surface area (Å²) in [6, 6.07) is 21.0. The molecule has 0 atom stereocenters. The van der Waals surface area contributed by atoms with Gasteiger partial charge in [-0.25, -0.2) is 4.98 Å². The fraction of sp³-hybridized carbons (Fsp3) is 0.0455. The average molecular weight is 428 g/mol. The Bertz CT molecular complexity index is 1310. The minimum absolute atomic E-state index is 0. The van der Waals surface area contributed by atoms with Crippen molar-refractivity contribution in [3.8, 4) is 28.1 Å². The highest BCUT2D eigenvalue weighted by molar-refractivity contribution is 7.86. The van der Waals surface area contributed by atoms with Crippen LogP contribution < -0.4 is 0 Å². The number of hydrogen-bond donors (Lipinski definition) is 2. The van der Waals surface area contributed by atoms with Crippen LogP contribution in [-0.4, -0.2) is 23.1 Å². The number of rotatable bonds is 3. The zero-order valence-corrected chi connectivity index (χ0v) is 17.0. The van der Waals surface area contributed by atoms with E-state index in [9.17, 15) is 18.1 Å². The molecule has 148 valence electrons. The molecule has 1 aromatic heterocycles. The van der Waals surface area contributed by atoms with Crippen molar-refractivity contribution >= 4 is 33.4 Å². The molecule has 5 nitrogen and oxygen atoms in total. The van der Waals surface area contributed by atoms with E-state index in [-0.39, 0.29) is 23.1 Å². The zero-order valence-electron chi connectivity index (χ0n) is 15.4. The summed E-state index contributed by atoms with van der Waals surface area (Å²) in [5, 5.41) is 11.1. The van der Waals surface area contributed by atoms with Crippen molar-refractivity contribution in [2.45, 2.75) is 11.8 Å². The van der Waals surface area contributed by atoms with Gasteiger partial charge in [-0.15, -0.1) is 12.4 Å². The number of pyridine rings is 1. The van der Waals surface area contributed by atoms with Gasteiger partial charge in [0.05, 0.1) is 5.52 Å². The molecule has 0 saturated carbocycles. The van der Waals surface area contributed by atoms with E-state index < -0.39 is 10.1 Å². The van der Waals surface area contributed by atoms with Crippen molar-refractivity contribution in [1.29, 1.82) is 0 Å². The van der Waals surface area contributed by atoms with E-state index >= 15 is 0 Å². The molecule has 0 aliphatic rings. The van der Waals surface area contributed by atoms with Gasteiger partial charge in [0.25, 0.3) is 10.1 Å². The minimum atomic E-state index is -4.37. The molecule has 0 fully saturated rings. The Labute approximate surface area is 174 Å². The van der Waals surface area contributed by atoms with Crippen LogP contribution in [0, 0.1) is 6.92 Å². The first-order valence-electron chi connectivity index (χ1n) is 8.60. The standard InChI is InChI=1S/C22H17NO4S.ClH/c1-14-7-10-21(28(25,26)27)18(11-14)16-8-9-19-17(12-16)13-20(24)22(23-19)15-5-3-2-4-6-15;/h2-13,24H,1H3,(H,25,26,27);1H. The van der Waals surface area contributed by atoms with Crippen molar-refractivity contribution in [3.05, 3.63) is 78.4 Å². The summed E-state index contributed by atoms with van der Waals surface area (Å²) in [4.78, 5) is 4.39. The summed E-state index contributed by atoms with van der Waals surface area (Å²) >= 11 is 0. The fourth-order valence-corrected chi connectivity index (χ4v) is 3.93. The molecule has 7 heteroatoms. The lowest BCUT2D eigenvalue weighted by Gasteiger charge is -2.11. The van der Waals surface area contributed by atoms with Gasteiger partial charge in [0, 0.05) is 16.5 Å². The maximum absolute atomic E-state index is 11.8. The molecule has 0 radical (unpaired) electrons. The second-order valence-electron chi connectivity index (χ2n) is 6.60. The minimum Gasteiger partial charge on any atom is -0.506 e. The van der Waals surface area contributed by atoms with Crippen molar-refractivity contribution in [2.75, 3.05) is 0 Å². The third-order valence-corrected chi connectivity index (χ3v) is 5.48. The maximum Gasteiger partial charge on any atom is 0.295 e. The van der Waals surface area contributed by atoms with Gasteiger partial charge >= 0.3 is 0 Å². The molecule has 0 unspecified atom stereocenters. The van der Waals surface area contributed by atoms with E-state index in [0.717, 1.165) is 11.1 Å². The predicted molar refractivity (Wildman–Crippen MR) is 116 cm³/mol. The molecule has 0 amide bonds. The molecule has 0 bridgehead atoms. The summed E-state index contributed by atoms with van der Waals surface area (Å²) in [6.45, 7) is 1.85. The normalized spacial score (nSPS) is 11.2. The second kappa shape index (κ2) is 7.83. The van der Waals surface area contributed by atoms with E-state index in [1.165, 1.54) is 6.07 Å². The summed E-state index contributed by atoms with van der Waals surface area (Å²) in [7, 11) is -4.37. The number of aromatic hydroxyl groups is 1. The predicted octanol–water partition coefficient (Wildman–Crippen LogP) is 5.25. The molecule has 1 heterocycles. The largest absolute Gasteiger partial charge is 0.506 e. The summed E-state index contributed by atoms with van der Waals surface area (Å²) < 4.78 is 33.1. The van der Waals surface area contributed by atoms with Crippen LogP contribution in [0.5, 0.6) is 5.75 Å². The average Bonchev–Trinajstić information content (AvgIpc) is 2.66. The van der Waals surface area contributed by atoms with Crippen LogP contribution in [0.3, 0.4) is 0 Å². The first kappa shape index (κ1) is 20.8. The Balaban J connectivity index is 0.00000240. The van der Waals surface area contributed by atoms with Gasteiger partial charge in [0.2, 0.25) is 0 Å². The molecule has 29 heavy (non-hydrogen) atoms. The highest BCUT2D eigenvalue weighted by Crippen LogP contribution is 2.34. The van der Waals surface area contributed by atoms with Crippen LogP contribution in [0.15, 0.2) is 77.7 Å². The van der Waals surface area contributed by atoms with Gasteiger partial charge in [-0.2, -0.15) is 8.42 Å². The first-order chi connectivity index (χ1) is 13.3. The van der Waals surface area contributed by atoms with Crippen LogP contribution in [0.2, 0.25) is 0 Å². The maximum atomic E-state index is 11.8. The number of hydrogen-bond acceptors (Lipinski definition) is 4. The van der Waals surface area contributed by atoms with E-state index in [2.05, 4.69) is 4.98 Å². The quantitative estimate of drug-likeness (QED) is 0.436. The Morgan fingerprint density at radius 1 is 0.862 bits per heavy atom. The number of aromatic nitrogens is 1. The summed E-state index contributed by atoms with van der Waals surface area (Å²) in [6.07, 6.45) is 0. The second-order valence-corrected chi connectivity index (χ2v) is 7.99.